The molecule has 18 heavy (non-hydrogen) atoms. The number of hydrogen-bond donors (Lipinski definition) is 0. The summed E-state index contributed by atoms with van der Waals surface area (Å²) in [6, 6.07) is 1.65. The van der Waals surface area contributed by atoms with Gasteiger partial charge in [0.15, 0.2) is 0 Å². The van der Waals surface area contributed by atoms with Crippen molar-refractivity contribution >= 4 is 28.5 Å². The van der Waals surface area contributed by atoms with Gasteiger partial charge in [0.1, 0.15) is 0 Å². The molecule has 0 radical (unpaired) electrons. The first kappa shape index (κ1) is 12.6. The summed E-state index contributed by atoms with van der Waals surface area (Å²) in [5.41, 5.74) is 0.845. The molecular formula is C12H11ClN2O3. The molecule has 0 unspecified atom stereocenters. The van der Waals surface area contributed by atoms with Gasteiger partial charge in [-0.3, -0.25) is 4.98 Å². The molecule has 0 saturated carbocycles. The van der Waals surface area contributed by atoms with E-state index in [1.165, 1.54) is 19.5 Å². The van der Waals surface area contributed by atoms with Gasteiger partial charge in [0, 0.05) is 23.8 Å². The predicted octanol–water partition coefficient (Wildman–Crippen LogP) is 2.47. The molecule has 2 aromatic heterocycles. The summed E-state index contributed by atoms with van der Waals surface area (Å²) in [6.07, 6.45) is 2.91. The molecule has 2 heterocycles. The summed E-state index contributed by atoms with van der Waals surface area (Å²) in [5.74, 6) is -0.0531. The van der Waals surface area contributed by atoms with Gasteiger partial charge in [0.05, 0.1) is 29.8 Å². The number of halogens is 1. The molecule has 0 atom stereocenters. The van der Waals surface area contributed by atoms with E-state index in [0.717, 1.165) is 0 Å². The molecule has 0 fully saturated rings. The predicted molar refractivity (Wildman–Crippen MR) is 67.1 cm³/mol. The molecule has 6 heteroatoms. The van der Waals surface area contributed by atoms with Gasteiger partial charge < -0.3 is 9.47 Å². The third-order valence-electron chi connectivity index (χ3n) is 2.37. The molecule has 0 aliphatic carbocycles. The van der Waals surface area contributed by atoms with Gasteiger partial charge in [-0.05, 0) is 6.92 Å². The Morgan fingerprint density at radius 3 is 2.83 bits per heavy atom. The maximum absolute atomic E-state index is 11.6. The Morgan fingerprint density at radius 2 is 2.17 bits per heavy atom. The standard InChI is InChI=1S/C12H11ClN2O3/c1-3-18-12(16)8-6-14-9-4-10(17-2)15-5-7(9)11(8)13/h4-6H,3H2,1-2H3. The molecule has 0 N–H and O–H groups in total. The lowest BCUT2D eigenvalue weighted by Crippen LogP contribution is -2.06. The summed E-state index contributed by atoms with van der Waals surface area (Å²) in [7, 11) is 1.52. The van der Waals surface area contributed by atoms with E-state index >= 15 is 0 Å². The molecule has 0 amide bonds. The molecule has 2 rings (SSSR count). The Labute approximate surface area is 109 Å². The Hall–Kier alpha value is -1.88. The summed E-state index contributed by atoms with van der Waals surface area (Å²) < 4.78 is 9.89. The number of pyridine rings is 2. The van der Waals surface area contributed by atoms with E-state index < -0.39 is 5.97 Å². The number of carbonyl (C=O) groups excluding carboxylic acids is 1. The van der Waals surface area contributed by atoms with Crippen molar-refractivity contribution in [2.24, 2.45) is 0 Å². The number of hydrogen-bond acceptors (Lipinski definition) is 5. The fraction of sp³-hybridized carbons (Fsp3) is 0.250. The number of ether oxygens (including phenoxy) is 2. The van der Waals surface area contributed by atoms with E-state index in [4.69, 9.17) is 21.1 Å². The Morgan fingerprint density at radius 1 is 1.39 bits per heavy atom. The van der Waals surface area contributed by atoms with Crippen molar-refractivity contribution in [2.75, 3.05) is 13.7 Å². The molecule has 0 aromatic carbocycles. The Kier molecular flexibility index (Phi) is 3.62. The van der Waals surface area contributed by atoms with E-state index in [-0.39, 0.29) is 17.2 Å². The number of rotatable bonds is 3. The molecule has 0 spiro atoms. The maximum Gasteiger partial charge on any atom is 0.341 e. The normalized spacial score (nSPS) is 10.4. The zero-order chi connectivity index (χ0) is 13.1. The van der Waals surface area contributed by atoms with Crippen LogP contribution in [0.3, 0.4) is 0 Å². The van der Waals surface area contributed by atoms with Crippen molar-refractivity contribution in [3.8, 4) is 5.88 Å². The lowest BCUT2D eigenvalue weighted by molar-refractivity contribution is 0.0526. The van der Waals surface area contributed by atoms with Gasteiger partial charge in [-0.15, -0.1) is 0 Å². The van der Waals surface area contributed by atoms with Crippen LogP contribution in [0.25, 0.3) is 10.9 Å². The van der Waals surface area contributed by atoms with Crippen LogP contribution in [-0.2, 0) is 4.74 Å². The van der Waals surface area contributed by atoms with Gasteiger partial charge in [-0.1, -0.05) is 11.6 Å². The third-order valence-corrected chi connectivity index (χ3v) is 2.77. The minimum Gasteiger partial charge on any atom is -0.481 e. The molecular weight excluding hydrogens is 256 g/mol. The summed E-state index contributed by atoms with van der Waals surface area (Å²) in [5, 5.41) is 0.872. The second-order valence-corrected chi connectivity index (χ2v) is 3.83. The van der Waals surface area contributed by atoms with Crippen LogP contribution in [0.2, 0.25) is 5.02 Å². The average Bonchev–Trinajstić information content (AvgIpc) is 2.38. The second kappa shape index (κ2) is 5.18. The SMILES string of the molecule is CCOC(=O)c1cnc2cc(OC)ncc2c1Cl. The van der Waals surface area contributed by atoms with E-state index in [9.17, 15) is 4.79 Å². The summed E-state index contributed by atoms with van der Waals surface area (Å²) in [6.45, 7) is 2.01. The van der Waals surface area contributed by atoms with Crippen molar-refractivity contribution < 1.29 is 14.3 Å². The van der Waals surface area contributed by atoms with Gasteiger partial charge in [0.25, 0.3) is 0 Å². The van der Waals surface area contributed by atoms with Crippen LogP contribution in [0.1, 0.15) is 17.3 Å². The lowest BCUT2D eigenvalue weighted by atomic mass is 10.2. The van der Waals surface area contributed by atoms with E-state index in [1.54, 1.807) is 13.0 Å². The van der Waals surface area contributed by atoms with E-state index in [0.29, 0.717) is 16.8 Å². The van der Waals surface area contributed by atoms with Crippen LogP contribution < -0.4 is 4.74 Å². The van der Waals surface area contributed by atoms with Crippen LogP contribution in [0.15, 0.2) is 18.5 Å². The van der Waals surface area contributed by atoms with E-state index in [2.05, 4.69) is 9.97 Å². The van der Waals surface area contributed by atoms with Crippen molar-refractivity contribution in [3.05, 3.63) is 29.0 Å². The lowest BCUT2D eigenvalue weighted by Gasteiger charge is -2.07. The largest absolute Gasteiger partial charge is 0.481 e. The third kappa shape index (κ3) is 2.22. The molecule has 0 saturated heterocycles. The van der Waals surface area contributed by atoms with Crippen molar-refractivity contribution in [1.29, 1.82) is 0 Å². The van der Waals surface area contributed by atoms with Gasteiger partial charge >= 0.3 is 5.97 Å². The first-order valence-corrected chi connectivity index (χ1v) is 5.70. The van der Waals surface area contributed by atoms with Crippen LogP contribution in [0.4, 0.5) is 0 Å². The first-order chi connectivity index (χ1) is 8.67. The fourth-order valence-electron chi connectivity index (χ4n) is 1.50. The van der Waals surface area contributed by atoms with Crippen LogP contribution in [0, 0.1) is 0 Å². The molecule has 0 bridgehead atoms. The topological polar surface area (TPSA) is 61.3 Å². The highest BCUT2D eigenvalue weighted by Gasteiger charge is 2.15. The average molecular weight is 267 g/mol. The minimum atomic E-state index is -0.493. The zero-order valence-electron chi connectivity index (χ0n) is 9.94. The number of carbonyl (C=O) groups is 1. The highest BCUT2D eigenvalue weighted by molar-refractivity contribution is 6.38. The smallest absolute Gasteiger partial charge is 0.341 e. The Bertz CT molecular complexity index is 601. The molecule has 0 aliphatic heterocycles. The number of methoxy groups -OCH3 is 1. The van der Waals surface area contributed by atoms with Gasteiger partial charge in [-0.2, -0.15) is 0 Å². The molecule has 94 valence electrons. The number of nitrogens with zero attached hydrogens (tertiary/aromatic N) is 2. The first-order valence-electron chi connectivity index (χ1n) is 5.32. The number of fused-ring (bicyclic) bond motifs is 1. The minimum absolute atomic E-state index is 0.234. The van der Waals surface area contributed by atoms with Gasteiger partial charge in [0.2, 0.25) is 5.88 Å². The zero-order valence-corrected chi connectivity index (χ0v) is 10.7. The molecule has 2 aromatic rings. The summed E-state index contributed by atoms with van der Waals surface area (Å²) >= 11 is 6.15. The highest BCUT2D eigenvalue weighted by Crippen LogP contribution is 2.27. The second-order valence-electron chi connectivity index (χ2n) is 3.45. The van der Waals surface area contributed by atoms with Crippen molar-refractivity contribution in [2.45, 2.75) is 6.92 Å². The van der Waals surface area contributed by atoms with Gasteiger partial charge in [-0.25, -0.2) is 9.78 Å². The number of aromatic nitrogens is 2. The van der Waals surface area contributed by atoms with Crippen LogP contribution in [0.5, 0.6) is 5.88 Å². The molecule has 5 nitrogen and oxygen atoms in total. The number of esters is 1. The Balaban J connectivity index is 2.54. The van der Waals surface area contributed by atoms with Crippen LogP contribution >= 0.6 is 11.6 Å². The van der Waals surface area contributed by atoms with Crippen molar-refractivity contribution in [3.63, 3.8) is 0 Å². The fourth-order valence-corrected chi connectivity index (χ4v) is 1.77. The molecule has 0 aliphatic rings. The van der Waals surface area contributed by atoms with Crippen LogP contribution in [-0.4, -0.2) is 29.7 Å². The highest BCUT2D eigenvalue weighted by atomic mass is 35.5. The van der Waals surface area contributed by atoms with Crippen molar-refractivity contribution in [1.82, 2.24) is 9.97 Å². The summed E-state index contributed by atoms with van der Waals surface area (Å²) in [4.78, 5) is 19.8. The maximum atomic E-state index is 11.6. The monoisotopic (exact) mass is 266 g/mol. The quantitative estimate of drug-likeness (QED) is 0.799. The van der Waals surface area contributed by atoms with E-state index in [1.807, 2.05) is 0 Å².